The van der Waals surface area contributed by atoms with Gasteiger partial charge in [-0.15, -0.1) is 0 Å². The van der Waals surface area contributed by atoms with E-state index in [1.54, 1.807) is 14.2 Å². The van der Waals surface area contributed by atoms with Gasteiger partial charge in [0.15, 0.2) is 11.5 Å². The molecule has 1 heterocycles. The Kier molecular flexibility index (Phi) is 5.54. The number of nitrogens with one attached hydrogen (secondary N) is 1. The fourth-order valence-electron chi connectivity index (χ4n) is 3.67. The molecule has 0 saturated carbocycles. The average molecular weight is 383 g/mol. The molecule has 1 aliphatic rings. The molecule has 0 fully saturated rings. The van der Waals surface area contributed by atoms with E-state index in [1.807, 2.05) is 36.1 Å². The normalized spacial score (nSPS) is 16.4. The minimum atomic E-state index is -0.0866. The third-order valence-corrected chi connectivity index (χ3v) is 5.45. The molecule has 0 saturated heterocycles. The van der Waals surface area contributed by atoms with E-state index in [1.165, 1.54) is 11.1 Å². The van der Waals surface area contributed by atoms with Gasteiger partial charge >= 0.3 is 6.03 Å². The molecule has 3 rings (SSSR count). The third kappa shape index (κ3) is 3.93. The second kappa shape index (κ2) is 7.74. The van der Waals surface area contributed by atoms with Crippen LogP contribution in [-0.4, -0.2) is 31.7 Å². The summed E-state index contributed by atoms with van der Waals surface area (Å²) in [6.45, 7) is 9.24. The molecule has 0 radical (unpaired) electrons. The maximum Gasteiger partial charge on any atom is 0.322 e. The standard InChI is InChI=1S/C23H30N2O3/c1-15-19-14-21(28-6)20(27-5)13-16(19)11-12-25(15)22(26)24-18-9-7-17(8-10-18)23(2,3)4/h7-10,13-15H,11-12H2,1-6H3,(H,24,26). The predicted molar refractivity (Wildman–Crippen MR) is 113 cm³/mol. The lowest BCUT2D eigenvalue weighted by atomic mass is 9.87. The minimum Gasteiger partial charge on any atom is -0.493 e. The first-order valence-electron chi connectivity index (χ1n) is 9.67. The van der Waals surface area contributed by atoms with Crippen molar-refractivity contribution in [3.63, 3.8) is 0 Å². The van der Waals surface area contributed by atoms with Gasteiger partial charge in [0.05, 0.1) is 20.3 Å². The molecule has 0 bridgehead atoms. The van der Waals surface area contributed by atoms with Crippen LogP contribution in [0.15, 0.2) is 36.4 Å². The largest absolute Gasteiger partial charge is 0.493 e. The smallest absolute Gasteiger partial charge is 0.322 e. The fourth-order valence-corrected chi connectivity index (χ4v) is 3.67. The molecular formula is C23H30N2O3. The van der Waals surface area contributed by atoms with Crippen molar-refractivity contribution in [2.24, 2.45) is 0 Å². The number of hydrogen-bond donors (Lipinski definition) is 1. The summed E-state index contributed by atoms with van der Waals surface area (Å²) >= 11 is 0. The van der Waals surface area contributed by atoms with Gasteiger partial charge in [-0.25, -0.2) is 4.79 Å². The number of hydrogen-bond acceptors (Lipinski definition) is 3. The van der Waals surface area contributed by atoms with Gasteiger partial charge in [0.2, 0.25) is 0 Å². The van der Waals surface area contributed by atoms with E-state index in [4.69, 9.17) is 9.47 Å². The summed E-state index contributed by atoms with van der Waals surface area (Å²) in [6, 6.07) is 11.9. The van der Waals surface area contributed by atoms with Gasteiger partial charge in [-0.1, -0.05) is 32.9 Å². The van der Waals surface area contributed by atoms with Crippen molar-refractivity contribution in [3.05, 3.63) is 53.1 Å². The molecule has 1 N–H and O–H groups in total. The van der Waals surface area contributed by atoms with Crippen LogP contribution in [-0.2, 0) is 11.8 Å². The van der Waals surface area contributed by atoms with Crippen LogP contribution >= 0.6 is 0 Å². The molecular weight excluding hydrogens is 352 g/mol. The molecule has 150 valence electrons. The molecule has 2 amide bonds. The van der Waals surface area contributed by atoms with Crippen LogP contribution in [0.25, 0.3) is 0 Å². The fraction of sp³-hybridized carbons (Fsp3) is 0.435. The Bertz CT molecular complexity index is 853. The molecule has 5 nitrogen and oxygen atoms in total. The first kappa shape index (κ1) is 20.1. The van der Waals surface area contributed by atoms with Gasteiger partial charge in [0, 0.05) is 12.2 Å². The number of urea groups is 1. The second-order valence-electron chi connectivity index (χ2n) is 8.28. The van der Waals surface area contributed by atoms with Gasteiger partial charge in [0.25, 0.3) is 0 Å². The second-order valence-corrected chi connectivity index (χ2v) is 8.28. The van der Waals surface area contributed by atoms with E-state index in [-0.39, 0.29) is 17.5 Å². The van der Waals surface area contributed by atoms with Gasteiger partial charge in [-0.2, -0.15) is 0 Å². The lowest BCUT2D eigenvalue weighted by Crippen LogP contribution is -2.41. The van der Waals surface area contributed by atoms with Gasteiger partial charge in [0.1, 0.15) is 0 Å². The summed E-state index contributed by atoms with van der Waals surface area (Å²) < 4.78 is 10.8. The van der Waals surface area contributed by atoms with Crippen LogP contribution in [0.3, 0.4) is 0 Å². The molecule has 1 aliphatic heterocycles. The molecule has 5 heteroatoms. The number of nitrogens with zero attached hydrogens (tertiary/aromatic N) is 1. The first-order chi connectivity index (χ1) is 13.2. The highest BCUT2D eigenvalue weighted by molar-refractivity contribution is 5.89. The Balaban J connectivity index is 1.77. The molecule has 0 aromatic heterocycles. The van der Waals surface area contributed by atoms with E-state index < -0.39 is 0 Å². The number of methoxy groups -OCH3 is 2. The van der Waals surface area contributed by atoms with E-state index in [9.17, 15) is 4.79 Å². The summed E-state index contributed by atoms with van der Waals surface area (Å²) in [6.07, 6.45) is 0.788. The first-order valence-corrected chi connectivity index (χ1v) is 9.67. The number of fused-ring (bicyclic) bond motifs is 1. The molecule has 0 aliphatic carbocycles. The third-order valence-electron chi connectivity index (χ3n) is 5.45. The van der Waals surface area contributed by atoms with Crippen molar-refractivity contribution < 1.29 is 14.3 Å². The average Bonchev–Trinajstić information content (AvgIpc) is 2.67. The summed E-state index contributed by atoms with van der Waals surface area (Å²) in [5, 5.41) is 3.03. The number of amides is 2. The zero-order valence-electron chi connectivity index (χ0n) is 17.6. The van der Waals surface area contributed by atoms with Crippen molar-refractivity contribution in [2.75, 3.05) is 26.1 Å². The van der Waals surface area contributed by atoms with E-state index in [2.05, 4.69) is 38.2 Å². The SMILES string of the molecule is COc1cc2c(cc1OC)C(C)N(C(=O)Nc1ccc(C(C)(C)C)cc1)CC2. The molecule has 1 atom stereocenters. The van der Waals surface area contributed by atoms with E-state index >= 15 is 0 Å². The molecule has 28 heavy (non-hydrogen) atoms. The Labute approximate surface area is 167 Å². The van der Waals surface area contributed by atoms with Crippen molar-refractivity contribution >= 4 is 11.7 Å². The maximum atomic E-state index is 12.9. The monoisotopic (exact) mass is 382 g/mol. The highest BCUT2D eigenvalue weighted by Crippen LogP contribution is 2.38. The Morgan fingerprint density at radius 2 is 1.68 bits per heavy atom. The van der Waals surface area contributed by atoms with Gasteiger partial charge in [-0.3, -0.25) is 0 Å². The number of benzene rings is 2. The number of carbonyl (C=O) groups excluding carboxylic acids is 1. The van der Waals surface area contributed by atoms with E-state index in [0.29, 0.717) is 12.3 Å². The highest BCUT2D eigenvalue weighted by Gasteiger charge is 2.29. The summed E-state index contributed by atoms with van der Waals surface area (Å²) in [7, 11) is 3.27. The summed E-state index contributed by atoms with van der Waals surface area (Å²) in [5.41, 5.74) is 4.44. The zero-order valence-corrected chi connectivity index (χ0v) is 17.6. The van der Waals surface area contributed by atoms with Crippen LogP contribution in [0.4, 0.5) is 10.5 Å². The van der Waals surface area contributed by atoms with Crippen LogP contribution in [0.5, 0.6) is 11.5 Å². The number of anilines is 1. The Morgan fingerprint density at radius 1 is 1.07 bits per heavy atom. The van der Waals surface area contributed by atoms with Crippen LogP contribution in [0.2, 0.25) is 0 Å². The Morgan fingerprint density at radius 3 is 2.25 bits per heavy atom. The highest BCUT2D eigenvalue weighted by atomic mass is 16.5. The quantitative estimate of drug-likeness (QED) is 0.798. The summed E-state index contributed by atoms with van der Waals surface area (Å²) in [5.74, 6) is 1.42. The van der Waals surface area contributed by atoms with Crippen LogP contribution in [0, 0.1) is 0 Å². The minimum absolute atomic E-state index is 0.0441. The lowest BCUT2D eigenvalue weighted by Gasteiger charge is -2.35. The lowest BCUT2D eigenvalue weighted by molar-refractivity contribution is 0.188. The van der Waals surface area contributed by atoms with Crippen LogP contribution < -0.4 is 14.8 Å². The Hall–Kier alpha value is -2.69. The topological polar surface area (TPSA) is 50.8 Å². The maximum absolute atomic E-state index is 12.9. The molecule has 0 spiro atoms. The number of rotatable bonds is 3. The van der Waals surface area contributed by atoms with Gasteiger partial charge in [-0.05, 0) is 59.7 Å². The number of ether oxygens (including phenoxy) is 2. The van der Waals surface area contributed by atoms with Crippen molar-refractivity contribution in [1.29, 1.82) is 0 Å². The molecule has 2 aromatic carbocycles. The van der Waals surface area contributed by atoms with E-state index in [0.717, 1.165) is 23.4 Å². The van der Waals surface area contributed by atoms with Crippen molar-refractivity contribution in [3.8, 4) is 11.5 Å². The predicted octanol–water partition coefficient (Wildman–Crippen LogP) is 5.15. The molecule has 1 unspecified atom stereocenters. The van der Waals surface area contributed by atoms with Crippen LogP contribution in [0.1, 0.15) is 50.4 Å². The molecule has 2 aromatic rings. The van der Waals surface area contributed by atoms with Crippen molar-refractivity contribution in [2.45, 2.75) is 45.6 Å². The number of carbonyl (C=O) groups is 1. The summed E-state index contributed by atoms with van der Waals surface area (Å²) in [4.78, 5) is 14.8. The van der Waals surface area contributed by atoms with Crippen molar-refractivity contribution in [1.82, 2.24) is 4.90 Å². The van der Waals surface area contributed by atoms with Gasteiger partial charge < -0.3 is 19.7 Å². The zero-order chi connectivity index (χ0) is 20.5.